The van der Waals surface area contributed by atoms with E-state index < -0.39 is 0 Å². The molecule has 2 aromatic rings. The van der Waals surface area contributed by atoms with Gasteiger partial charge in [0, 0.05) is 29.8 Å². The topological polar surface area (TPSA) is 41.1 Å². The Morgan fingerprint density at radius 1 is 1.17 bits per heavy atom. The molecular formula is C13H16N2OS2. The molecule has 5 heteroatoms. The number of hydrogen-bond acceptors (Lipinski definition) is 4. The first kappa shape index (κ1) is 13.3. The molecule has 96 valence electrons. The molecule has 2 heterocycles. The van der Waals surface area contributed by atoms with Crippen molar-refractivity contribution in [3.05, 3.63) is 44.8 Å². The molecule has 2 aromatic heterocycles. The lowest BCUT2D eigenvalue weighted by Gasteiger charge is -2.16. The van der Waals surface area contributed by atoms with E-state index in [0.717, 1.165) is 6.54 Å². The zero-order chi connectivity index (χ0) is 12.8. The smallest absolute Gasteiger partial charge is 0.216 e. The highest BCUT2D eigenvalue weighted by Gasteiger charge is 2.14. The molecule has 0 bridgehead atoms. The van der Waals surface area contributed by atoms with Crippen LogP contribution in [0.5, 0.6) is 0 Å². The van der Waals surface area contributed by atoms with Crippen molar-refractivity contribution < 1.29 is 4.79 Å². The van der Waals surface area contributed by atoms with E-state index in [9.17, 15) is 4.79 Å². The first-order valence-electron chi connectivity index (χ1n) is 5.82. The molecule has 2 rings (SSSR count). The summed E-state index contributed by atoms with van der Waals surface area (Å²) < 4.78 is 0. The van der Waals surface area contributed by atoms with Crippen molar-refractivity contribution in [2.24, 2.45) is 0 Å². The van der Waals surface area contributed by atoms with E-state index >= 15 is 0 Å². The van der Waals surface area contributed by atoms with Gasteiger partial charge in [0.15, 0.2) is 0 Å². The van der Waals surface area contributed by atoms with Crippen LogP contribution >= 0.6 is 22.7 Å². The highest BCUT2D eigenvalue weighted by atomic mass is 32.1. The molecule has 0 saturated carbocycles. The van der Waals surface area contributed by atoms with Gasteiger partial charge in [-0.2, -0.15) is 0 Å². The van der Waals surface area contributed by atoms with Gasteiger partial charge in [-0.3, -0.25) is 4.79 Å². The molecule has 0 unspecified atom stereocenters. The second-order valence-electron chi connectivity index (χ2n) is 3.90. The van der Waals surface area contributed by atoms with Crippen LogP contribution in [0.4, 0.5) is 0 Å². The fourth-order valence-corrected chi connectivity index (χ4v) is 3.42. The lowest BCUT2D eigenvalue weighted by atomic mass is 10.2. The second kappa shape index (κ2) is 6.68. The van der Waals surface area contributed by atoms with Crippen molar-refractivity contribution >= 4 is 28.6 Å². The largest absolute Gasteiger partial charge is 0.355 e. The SMILES string of the molecule is CC(=O)NCCNC(c1cccs1)c1cccs1. The number of carbonyl (C=O) groups is 1. The monoisotopic (exact) mass is 280 g/mol. The normalized spacial score (nSPS) is 10.8. The molecule has 18 heavy (non-hydrogen) atoms. The van der Waals surface area contributed by atoms with Gasteiger partial charge in [0.25, 0.3) is 0 Å². The van der Waals surface area contributed by atoms with Crippen LogP contribution < -0.4 is 10.6 Å². The van der Waals surface area contributed by atoms with Gasteiger partial charge in [-0.25, -0.2) is 0 Å². The lowest BCUT2D eigenvalue weighted by molar-refractivity contribution is -0.118. The quantitative estimate of drug-likeness (QED) is 0.799. The van der Waals surface area contributed by atoms with E-state index in [2.05, 4.69) is 45.7 Å². The molecular weight excluding hydrogens is 264 g/mol. The molecule has 0 aliphatic carbocycles. The third-order valence-corrected chi connectivity index (χ3v) is 4.38. The third-order valence-electron chi connectivity index (χ3n) is 2.50. The molecule has 0 saturated heterocycles. The van der Waals surface area contributed by atoms with E-state index in [1.54, 1.807) is 22.7 Å². The van der Waals surface area contributed by atoms with Crippen LogP contribution in [0.1, 0.15) is 22.7 Å². The van der Waals surface area contributed by atoms with Gasteiger partial charge in [0.05, 0.1) is 6.04 Å². The van der Waals surface area contributed by atoms with Crippen molar-refractivity contribution in [2.45, 2.75) is 13.0 Å². The summed E-state index contributed by atoms with van der Waals surface area (Å²) in [5, 5.41) is 10.5. The number of hydrogen-bond donors (Lipinski definition) is 2. The Kier molecular flexibility index (Phi) is 4.92. The predicted octanol–water partition coefficient (Wildman–Crippen LogP) is 2.62. The Hall–Kier alpha value is -1.17. The zero-order valence-corrected chi connectivity index (χ0v) is 11.8. The van der Waals surface area contributed by atoms with E-state index in [4.69, 9.17) is 0 Å². The maximum absolute atomic E-state index is 10.8. The predicted molar refractivity (Wildman–Crippen MR) is 77.2 cm³/mol. The summed E-state index contributed by atoms with van der Waals surface area (Å²) in [5.74, 6) is 0.0144. The molecule has 0 atom stereocenters. The molecule has 3 nitrogen and oxygen atoms in total. The lowest BCUT2D eigenvalue weighted by Crippen LogP contribution is -2.32. The molecule has 1 amide bonds. The van der Waals surface area contributed by atoms with Gasteiger partial charge in [-0.1, -0.05) is 12.1 Å². The van der Waals surface area contributed by atoms with Gasteiger partial charge in [0.1, 0.15) is 0 Å². The van der Waals surface area contributed by atoms with Crippen molar-refractivity contribution in [1.82, 2.24) is 10.6 Å². The highest BCUT2D eigenvalue weighted by molar-refractivity contribution is 7.11. The minimum Gasteiger partial charge on any atom is -0.355 e. The fraction of sp³-hybridized carbons (Fsp3) is 0.308. The Labute approximate surface area is 115 Å². The number of rotatable bonds is 6. The van der Waals surface area contributed by atoms with E-state index in [1.807, 2.05) is 0 Å². The average Bonchev–Trinajstić information content (AvgIpc) is 3.01. The van der Waals surface area contributed by atoms with Gasteiger partial charge >= 0.3 is 0 Å². The zero-order valence-electron chi connectivity index (χ0n) is 10.2. The van der Waals surface area contributed by atoms with Crippen LogP contribution in [0.15, 0.2) is 35.0 Å². The number of thiophene rings is 2. The molecule has 0 radical (unpaired) electrons. The van der Waals surface area contributed by atoms with Crippen LogP contribution in [0, 0.1) is 0 Å². The van der Waals surface area contributed by atoms with Crippen molar-refractivity contribution in [3.8, 4) is 0 Å². The molecule has 0 spiro atoms. The van der Waals surface area contributed by atoms with E-state index in [1.165, 1.54) is 16.7 Å². The summed E-state index contributed by atoms with van der Waals surface area (Å²) in [5.41, 5.74) is 0. The molecule has 0 fully saturated rings. The Balaban J connectivity index is 1.96. The van der Waals surface area contributed by atoms with Gasteiger partial charge < -0.3 is 10.6 Å². The number of nitrogens with one attached hydrogen (secondary N) is 2. The summed E-state index contributed by atoms with van der Waals surface area (Å²) in [6.45, 7) is 2.96. The van der Waals surface area contributed by atoms with Crippen molar-refractivity contribution in [2.75, 3.05) is 13.1 Å². The molecule has 0 aliphatic rings. The maximum atomic E-state index is 10.8. The van der Waals surface area contributed by atoms with Gasteiger partial charge in [-0.15, -0.1) is 22.7 Å². The second-order valence-corrected chi connectivity index (χ2v) is 5.86. The first-order valence-corrected chi connectivity index (χ1v) is 7.58. The summed E-state index contributed by atoms with van der Waals surface area (Å²) in [7, 11) is 0. The Morgan fingerprint density at radius 2 is 1.78 bits per heavy atom. The Bertz CT molecular complexity index is 431. The first-order chi connectivity index (χ1) is 8.77. The minimum atomic E-state index is 0.0144. The standard InChI is InChI=1S/C13H16N2OS2/c1-10(16)14-6-7-15-13(11-4-2-8-17-11)12-5-3-9-18-12/h2-5,8-9,13,15H,6-7H2,1H3,(H,14,16). The van der Waals surface area contributed by atoms with Crippen LogP contribution in [0.2, 0.25) is 0 Å². The highest BCUT2D eigenvalue weighted by Crippen LogP contribution is 2.28. The fourth-order valence-electron chi connectivity index (χ4n) is 1.71. The van der Waals surface area contributed by atoms with Crippen LogP contribution in [0.25, 0.3) is 0 Å². The number of amides is 1. The van der Waals surface area contributed by atoms with Crippen molar-refractivity contribution in [1.29, 1.82) is 0 Å². The molecule has 0 aliphatic heterocycles. The third kappa shape index (κ3) is 3.66. The average molecular weight is 280 g/mol. The molecule has 0 aromatic carbocycles. The van der Waals surface area contributed by atoms with Gasteiger partial charge in [-0.05, 0) is 22.9 Å². The van der Waals surface area contributed by atoms with Crippen LogP contribution in [-0.2, 0) is 4.79 Å². The summed E-state index contributed by atoms with van der Waals surface area (Å²) in [6, 6.07) is 8.64. The number of carbonyl (C=O) groups excluding carboxylic acids is 1. The Morgan fingerprint density at radius 3 is 2.22 bits per heavy atom. The minimum absolute atomic E-state index is 0.0144. The van der Waals surface area contributed by atoms with E-state index in [-0.39, 0.29) is 11.9 Å². The summed E-state index contributed by atoms with van der Waals surface area (Å²) in [4.78, 5) is 13.4. The van der Waals surface area contributed by atoms with Gasteiger partial charge in [0.2, 0.25) is 5.91 Å². The van der Waals surface area contributed by atoms with Crippen molar-refractivity contribution in [3.63, 3.8) is 0 Å². The maximum Gasteiger partial charge on any atom is 0.216 e. The summed E-state index contributed by atoms with van der Waals surface area (Å²) in [6.07, 6.45) is 0. The van der Waals surface area contributed by atoms with Crippen LogP contribution in [0.3, 0.4) is 0 Å². The summed E-state index contributed by atoms with van der Waals surface area (Å²) >= 11 is 3.50. The van der Waals surface area contributed by atoms with Crippen LogP contribution in [-0.4, -0.2) is 19.0 Å². The molecule has 2 N–H and O–H groups in total. The van der Waals surface area contributed by atoms with E-state index in [0.29, 0.717) is 6.54 Å².